The number of allylic oxidation sites excluding steroid dienone is 6. The van der Waals surface area contributed by atoms with E-state index in [0.29, 0.717) is 6.42 Å². The predicted octanol–water partition coefficient (Wildman–Crippen LogP) is 3.34. The highest BCUT2D eigenvalue weighted by atomic mass is 16.5. The van der Waals surface area contributed by atoms with E-state index in [0.717, 1.165) is 16.7 Å². The van der Waals surface area contributed by atoms with Crippen LogP contribution in [0.4, 0.5) is 0 Å². The minimum absolute atomic E-state index is 0.0986. The van der Waals surface area contributed by atoms with Crippen LogP contribution in [0.25, 0.3) is 0 Å². The molecule has 0 bridgehead atoms. The van der Waals surface area contributed by atoms with Crippen molar-refractivity contribution < 1.29 is 14.3 Å². The van der Waals surface area contributed by atoms with E-state index in [1.54, 1.807) is 6.92 Å². The molecule has 2 aliphatic carbocycles. The summed E-state index contributed by atoms with van der Waals surface area (Å²) in [5.41, 5.74) is 2.65. The van der Waals surface area contributed by atoms with Gasteiger partial charge in [-0.3, -0.25) is 9.59 Å². The number of carbonyl (C=O) groups excluding carboxylic acids is 2. The van der Waals surface area contributed by atoms with Crippen molar-refractivity contribution in [3.8, 4) is 0 Å². The van der Waals surface area contributed by atoms with Gasteiger partial charge in [0.2, 0.25) is 0 Å². The Balaban J connectivity index is 2.08. The second-order valence-electron chi connectivity index (χ2n) is 5.41. The van der Waals surface area contributed by atoms with Gasteiger partial charge in [0, 0.05) is 11.5 Å². The van der Waals surface area contributed by atoms with E-state index in [4.69, 9.17) is 4.74 Å². The second-order valence-corrected chi connectivity index (χ2v) is 5.41. The minimum Gasteiger partial charge on any atom is -0.465 e. The van der Waals surface area contributed by atoms with Crippen molar-refractivity contribution in [2.24, 2.45) is 5.92 Å². The van der Waals surface area contributed by atoms with Gasteiger partial charge >= 0.3 is 5.97 Å². The molecule has 0 aliphatic heterocycles. The van der Waals surface area contributed by atoms with E-state index >= 15 is 0 Å². The van der Waals surface area contributed by atoms with E-state index in [2.05, 4.69) is 0 Å². The molecule has 0 N–H and O–H groups in total. The predicted molar refractivity (Wildman–Crippen MR) is 84.2 cm³/mol. The first-order valence-corrected chi connectivity index (χ1v) is 7.56. The Morgan fingerprint density at radius 1 is 1.23 bits per heavy atom. The number of benzene rings is 1. The fourth-order valence-corrected chi connectivity index (χ4v) is 3.20. The molecule has 0 saturated heterocycles. The highest BCUT2D eigenvalue weighted by Gasteiger charge is 2.46. The molecule has 22 heavy (non-hydrogen) atoms. The van der Waals surface area contributed by atoms with Gasteiger partial charge in [-0.1, -0.05) is 54.6 Å². The molecule has 3 heteroatoms. The average molecular weight is 294 g/mol. The van der Waals surface area contributed by atoms with Gasteiger partial charge in [0.15, 0.2) is 5.78 Å². The summed E-state index contributed by atoms with van der Waals surface area (Å²) in [6.45, 7) is 2.04. The van der Waals surface area contributed by atoms with Crippen molar-refractivity contribution in [3.05, 3.63) is 71.3 Å². The second kappa shape index (κ2) is 6.14. The summed E-state index contributed by atoms with van der Waals surface area (Å²) < 4.78 is 5.16. The van der Waals surface area contributed by atoms with Crippen LogP contribution in [0.1, 0.15) is 24.8 Å². The maximum absolute atomic E-state index is 12.8. The van der Waals surface area contributed by atoms with E-state index in [9.17, 15) is 9.59 Å². The first kappa shape index (κ1) is 14.5. The Bertz CT molecular complexity index is 680. The zero-order valence-electron chi connectivity index (χ0n) is 12.5. The molecular weight excluding hydrogens is 276 g/mol. The van der Waals surface area contributed by atoms with Crippen molar-refractivity contribution in [3.63, 3.8) is 0 Å². The van der Waals surface area contributed by atoms with Crippen LogP contribution < -0.4 is 0 Å². The summed E-state index contributed by atoms with van der Waals surface area (Å²) in [6.07, 6.45) is 8.34. The molecule has 1 aromatic carbocycles. The van der Waals surface area contributed by atoms with Crippen LogP contribution in [0.3, 0.4) is 0 Å². The quantitative estimate of drug-likeness (QED) is 0.634. The van der Waals surface area contributed by atoms with Gasteiger partial charge in [-0.2, -0.15) is 0 Å². The number of hydrogen-bond donors (Lipinski definition) is 0. The highest BCUT2D eigenvalue weighted by molar-refractivity contribution is 6.13. The minimum atomic E-state index is -0.761. The summed E-state index contributed by atoms with van der Waals surface area (Å²) >= 11 is 0. The molecule has 2 atom stereocenters. The molecule has 0 aromatic heterocycles. The summed E-state index contributed by atoms with van der Waals surface area (Å²) in [7, 11) is 0. The fraction of sp³-hybridized carbons (Fsp3) is 0.263. The summed E-state index contributed by atoms with van der Waals surface area (Å²) in [5.74, 6) is -1.53. The van der Waals surface area contributed by atoms with Crippen molar-refractivity contribution in [1.29, 1.82) is 0 Å². The number of Topliss-reactive ketones (excluding diaryl/α,β-unsaturated/α-hetero) is 1. The zero-order valence-corrected chi connectivity index (χ0v) is 12.5. The molecule has 112 valence electrons. The molecule has 0 radical (unpaired) electrons. The number of hydrogen-bond acceptors (Lipinski definition) is 3. The maximum Gasteiger partial charge on any atom is 0.317 e. The van der Waals surface area contributed by atoms with E-state index < -0.39 is 11.9 Å². The zero-order chi connectivity index (χ0) is 15.5. The molecular formula is C19H18O3. The lowest BCUT2D eigenvalue weighted by molar-refractivity contribution is -0.150. The Morgan fingerprint density at radius 2 is 2.00 bits per heavy atom. The van der Waals surface area contributed by atoms with Crippen LogP contribution in [0, 0.1) is 5.92 Å². The summed E-state index contributed by atoms with van der Waals surface area (Å²) in [5, 5.41) is 0. The third kappa shape index (κ3) is 2.43. The first-order chi connectivity index (χ1) is 10.7. The van der Waals surface area contributed by atoms with Crippen LogP contribution in [-0.4, -0.2) is 18.4 Å². The molecule has 0 saturated carbocycles. The van der Waals surface area contributed by atoms with Gasteiger partial charge in [0.05, 0.1) is 6.61 Å². The Hall–Kier alpha value is -2.42. The monoisotopic (exact) mass is 294 g/mol. The maximum atomic E-state index is 12.8. The fourth-order valence-electron chi connectivity index (χ4n) is 3.20. The molecule has 1 aromatic rings. The molecule has 0 amide bonds. The third-order valence-electron chi connectivity index (χ3n) is 4.14. The summed E-state index contributed by atoms with van der Waals surface area (Å²) in [6, 6.07) is 9.72. The van der Waals surface area contributed by atoms with Crippen LogP contribution in [-0.2, 0) is 14.3 Å². The van der Waals surface area contributed by atoms with Gasteiger partial charge in [-0.25, -0.2) is 0 Å². The van der Waals surface area contributed by atoms with E-state index in [1.165, 1.54) is 0 Å². The van der Waals surface area contributed by atoms with Crippen molar-refractivity contribution in [2.45, 2.75) is 19.3 Å². The van der Waals surface area contributed by atoms with Gasteiger partial charge in [0.1, 0.15) is 5.92 Å². The topological polar surface area (TPSA) is 43.4 Å². The normalized spacial score (nSPS) is 23.4. The van der Waals surface area contributed by atoms with Gasteiger partial charge in [-0.15, -0.1) is 0 Å². The molecule has 3 rings (SSSR count). The number of carbonyl (C=O) groups is 2. The molecule has 0 spiro atoms. The first-order valence-electron chi connectivity index (χ1n) is 7.56. The Kier molecular flexibility index (Phi) is 4.05. The molecule has 0 fully saturated rings. The number of rotatable bonds is 3. The van der Waals surface area contributed by atoms with Crippen molar-refractivity contribution >= 4 is 11.8 Å². The van der Waals surface area contributed by atoms with Crippen LogP contribution in [0.15, 0.2) is 65.8 Å². The van der Waals surface area contributed by atoms with Crippen molar-refractivity contribution in [1.82, 2.24) is 0 Å². The Morgan fingerprint density at radius 3 is 2.73 bits per heavy atom. The number of esters is 1. The lowest BCUT2D eigenvalue weighted by Gasteiger charge is -2.19. The number of ether oxygens (including phenoxy) is 1. The van der Waals surface area contributed by atoms with Crippen LogP contribution >= 0.6 is 0 Å². The van der Waals surface area contributed by atoms with E-state index in [1.807, 2.05) is 54.6 Å². The average Bonchev–Trinajstić information content (AvgIpc) is 2.69. The van der Waals surface area contributed by atoms with Gasteiger partial charge < -0.3 is 4.74 Å². The Labute approximate surface area is 130 Å². The standard InChI is InChI=1S/C19H18O3/c1-2-22-19(21)17-16(13-9-5-3-6-10-13)14-11-7-4-8-12-15(14)18(17)20/h3-11,16-17H,2,12H2,1H3/t16-,17+/m1/s1. The molecule has 2 aliphatic rings. The van der Waals surface area contributed by atoms with Crippen LogP contribution in [0.2, 0.25) is 0 Å². The van der Waals surface area contributed by atoms with Crippen molar-refractivity contribution in [2.75, 3.05) is 6.61 Å². The van der Waals surface area contributed by atoms with Crippen LogP contribution in [0.5, 0.6) is 0 Å². The lowest BCUT2D eigenvalue weighted by Crippen LogP contribution is -2.28. The van der Waals surface area contributed by atoms with E-state index in [-0.39, 0.29) is 18.3 Å². The van der Waals surface area contributed by atoms with Gasteiger partial charge in [0.25, 0.3) is 0 Å². The number of ketones is 1. The SMILES string of the molecule is CCOC(=O)[C@@H]1C(=O)C2=C(C=CC=CC2)[C@H]1c1ccccc1. The smallest absolute Gasteiger partial charge is 0.317 e. The molecule has 0 unspecified atom stereocenters. The summed E-state index contributed by atoms with van der Waals surface area (Å²) in [4.78, 5) is 25.1. The van der Waals surface area contributed by atoms with Gasteiger partial charge in [-0.05, 0) is 24.5 Å². The highest BCUT2D eigenvalue weighted by Crippen LogP contribution is 2.44. The largest absolute Gasteiger partial charge is 0.465 e. The molecule has 0 heterocycles. The lowest BCUT2D eigenvalue weighted by atomic mass is 9.84. The third-order valence-corrected chi connectivity index (χ3v) is 4.14. The molecule has 3 nitrogen and oxygen atoms in total.